The molecule has 0 spiro atoms. The van der Waals surface area contributed by atoms with Gasteiger partial charge in [-0.25, -0.2) is 16.8 Å². The summed E-state index contributed by atoms with van der Waals surface area (Å²) in [5.74, 6) is -0.835. The first-order valence-electron chi connectivity index (χ1n) is 10.2. The predicted octanol–water partition coefficient (Wildman–Crippen LogP) is -5.86. The molecule has 198 valence electrons. The average Bonchev–Trinajstić information content (AvgIpc) is 2.82. The van der Waals surface area contributed by atoms with Gasteiger partial charge in [0.15, 0.2) is 0 Å². The molecule has 4 rings (SSSR count). The van der Waals surface area contributed by atoms with Gasteiger partial charge >= 0.3 is 88.7 Å². The van der Waals surface area contributed by atoms with Crippen LogP contribution >= 0.6 is 0 Å². The van der Waals surface area contributed by atoms with Gasteiger partial charge in [-0.05, 0) is 47.9 Å². The van der Waals surface area contributed by atoms with Crippen LogP contribution in [0, 0.1) is 0 Å². The van der Waals surface area contributed by atoms with Gasteiger partial charge in [-0.3, -0.25) is 4.55 Å². The van der Waals surface area contributed by atoms with E-state index in [4.69, 9.17) is 0 Å². The Hall–Kier alpha value is -0.930. The molecule has 2 N–H and O–H groups in total. The van der Waals surface area contributed by atoms with E-state index in [0.29, 0.717) is 30.0 Å². The Kier molecular flexibility index (Phi) is 13.7. The van der Waals surface area contributed by atoms with Crippen LogP contribution in [-0.2, 0) is 30.4 Å². The van der Waals surface area contributed by atoms with Crippen molar-refractivity contribution in [3.63, 3.8) is 0 Å². The minimum atomic E-state index is -5.08. The number of azo groups is 1. The van der Waals surface area contributed by atoms with Gasteiger partial charge in [-0.1, -0.05) is 36.1 Å². The van der Waals surface area contributed by atoms with E-state index >= 15 is 0 Å². The third-order valence-corrected chi connectivity index (χ3v) is 7.68. The normalized spacial score (nSPS) is 11.8. The number of anilines is 2. The molecule has 0 saturated heterocycles. The van der Waals surface area contributed by atoms with Crippen LogP contribution in [0.1, 0.15) is 0 Å². The molecule has 0 saturated carbocycles. The minimum absolute atomic E-state index is 0. The summed E-state index contributed by atoms with van der Waals surface area (Å²) in [6, 6.07) is 14.5. The van der Waals surface area contributed by atoms with Crippen LogP contribution in [-0.4, -0.2) is 38.9 Å². The van der Waals surface area contributed by atoms with Crippen LogP contribution in [0.25, 0.3) is 10.8 Å². The summed E-state index contributed by atoms with van der Waals surface area (Å²) >= 11 is 0. The van der Waals surface area contributed by atoms with Crippen molar-refractivity contribution in [1.29, 1.82) is 0 Å². The van der Waals surface area contributed by atoms with Gasteiger partial charge in [-0.2, -0.15) is 8.42 Å². The number of hydrogen-bond donors (Lipinski definition) is 2. The third kappa shape index (κ3) is 9.28. The summed E-state index contributed by atoms with van der Waals surface area (Å²) in [7, 11) is -15.1. The number of para-hydroxylation sites is 1. The summed E-state index contributed by atoms with van der Waals surface area (Å²) < 4.78 is 102. The summed E-state index contributed by atoms with van der Waals surface area (Å²) in [6.07, 6.45) is 0. The second kappa shape index (κ2) is 14.7. The standard InChI is InChI=1S/C22H17N3O10S3.3Na/c26-20-12-15(37(30,31)32)10-17-16(20)7-8-18(23-13-4-2-1-3-5-13)22(17)25-24-19-11-14(36(27,28)29)6-9-21(19)38(33,34)35;;;/h1-12,23,26H,(H,27,28,29)(H,30,31,32)(H,33,34,35);;;/q;3*+1/p-3. The number of rotatable bonds is 7. The topological polar surface area (TPSA) is 229 Å². The quantitative estimate of drug-likeness (QED) is 0.109. The van der Waals surface area contributed by atoms with Crippen molar-refractivity contribution in [2.24, 2.45) is 10.2 Å². The molecule has 0 radical (unpaired) electrons. The molecule has 4 aromatic carbocycles. The van der Waals surface area contributed by atoms with Crippen molar-refractivity contribution in [2.45, 2.75) is 14.7 Å². The van der Waals surface area contributed by atoms with Gasteiger partial charge in [0.25, 0.3) is 10.1 Å². The van der Waals surface area contributed by atoms with Crippen molar-refractivity contribution in [3.05, 3.63) is 72.8 Å². The van der Waals surface area contributed by atoms with Gasteiger partial charge in [0.05, 0.1) is 15.5 Å². The Labute approximate surface area is 301 Å². The van der Waals surface area contributed by atoms with E-state index in [-0.39, 0.29) is 111 Å². The van der Waals surface area contributed by atoms with E-state index in [1.807, 2.05) is 0 Å². The molecular formula is C22H14N3Na3O10S3. The molecule has 0 aliphatic heterocycles. The summed E-state index contributed by atoms with van der Waals surface area (Å²) in [5.41, 5.74) is -0.364. The number of hydrogen-bond acceptors (Lipinski definition) is 12. The van der Waals surface area contributed by atoms with Crippen molar-refractivity contribution in [1.82, 2.24) is 0 Å². The molecule has 0 amide bonds. The molecule has 0 aliphatic rings. The zero-order chi connectivity index (χ0) is 27.9. The van der Waals surface area contributed by atoms with Crippen molar-refractivity contribution < 1.29 is 133 Å². The maximum absolute atomic E-state index is 12.6. The van der Waals surface area contributed by atoms with Crippen molar-refractivity contribution in [2.75, 3.05) is 5.32 Å². The molecule has 41 heavy (non-hydrogen) atoms. The van der Waals surface area contributed by atoms with Gasteiger partial charge in [0.2, 0.25) is 0 Å². The molecule has 0 unspecified atom stereocenters. The summed E-state index contributed by atoms with van der Waals surface area (Å²) in [6.45, 7) is 0. The molecule has 13 nitrogen and oxygen atoms in total. The van der Waals surface area contributed by atoms with E-state index in [2.05, 4.69) is 15.5 Å². The second-order valence-corrected chi connectivity index (χ2v) is 11.8. The van der Waals surface area contributed by atoms with E-state index < -0.39 is 56.5 Å². The fourth-order valence-electron chi connectivity index (χ4n) is 3.44. The fourth-order valence-corrected chi connectivity index (χ4v) is 5.05. The van der Waals surface area contributed by atoms with Crippen LogP contribution < -0.4 is 99.1 Å². The van der Waals surface area contributed by atoms with E-state index in [1.54, 1.807) is 30.3 Å². The van der Waals surface area contributed by atoms with Gasteiger partial charge < -0.3 is 19.5 Å². The van der Waals surface area contributed by atoms with E-state index in [9.17, 15) is 44.0 Å². The van der Waals surface area contributed by atoms with Crippen LogP contribution in [0.2, 0.25) is 0 Å². The molecule has 0 heterocycles. The maximum atomic E-state index is 12.6. The second-order valence-electron chi connectivity index (χ2n) is 7.68. The first-order chi connectivity index (χ1) is 17.6. The Morgan fingerprint density at radius 2 is 1.29 bits per heavy atom. The van der Waals surface area contributed by atoms with Crippen LogP contribution in [0.5, 0.6) is 5.75 Å². The maximum Gasteiger partial charge on any atom is 1.00 e. The van der Waals surface area contributed by atoms with E-state index in [0.717, 1.165) is 6.07 Å². The van der Waals surface area contributed by atoms with Crippen LogP contribution in [0.3, 0.4) is 0 Å². The van der Waals surface area contributed by atoms with Crippen LogP contribution in [0.15, 0.2) is 97.7 Å². The molecule has 0 aromatic heterocycles. The molecule has 0 fully saturated rings. The largest absolute Gasteiger partial charge is 1.00 e. The fraction of sp³-hybridized carbons (Fsp3) is 0. The Morgan fingerprint density at radius 3 is 1.85 bits per heavy atom. The molecular weight excluding hydrogens is 631 g/mol. The first-order valence-corrected chi connectivity index (χ1v) is 14.5. The summed E-state index contributed by atoms with van der Waals surface area (Å²) in [4.78, 5) is -2.62. The monoisotopic (exact) mass is 645 g/mol. The Morgan fingerprint density at radius 1 is 0.683 bits per heavy atom. The summed E-state index contributed by atoms with van der Waals surface area (Å²) in [5, 5.41) is 22.9. The van der Waals surface area contributed by atoms with Gasteiger partial charge in [0.1, 0.15) is 36.5 Å². The van der Waals surface area contributed by atoms with Gasteiger partial charge in [-0.15, -0.1) is 10.2 Å². The number of benzene rings is 4. The minimum Gasteiger partial charge on any atom is -0.872 e. The van der Waals surface area contributed by atoms with Gasteiger partial charge in [0, 0.05) is 11.1 Å². The van der Waals surface area contributed by atoms with E-state index in [1.165, 1.54) is 12.1 Å². The van der Waals surface area contributed by atoms with Crippen molar-refractivity contribution in [3.8, 4) is 5.75 Å². The predicted molar refractivity (Wildman–Crippen MR) is 129 cm³/mol. The molecule has 0 atom stereocenters. The van der Waals surface area contributed by atoms with Crippen molar-refractivity contribution >= 4 is 63.9 Å². The number of nitrogens with zero attached hydrogens (tertiary/aromatic N) is 2. The molecule has 4 aromatic rings. The molecule has 0 aliphatic carbocycles. The SMILES string of the molecule is O=S(=O)([O-])c1ccc(S(=O)(=O)O)c(N=Nc2c(Nc3ccccc3)ccc3c([O-])cc(S(=O)(=O)[O-])cc23)c1.[Na+].[Na+].[Na+]. The smallest absolute Gasteiger partial charge is 0.872 e. The third-order valence-electron chi connectivity index (χ3n) is 5.14. The first kappa shape index (κ1) is 38.1. The zero-order valence-electron chi connectivity index (χ0n) is 21.7. The Balaban J connectivity index is 0.00000280. The number of nitrogens with one attached hydrogen (secondary N) is 1. The molecule has 19 heteroatoms. The number of fused-ring (bicyclic) bond motifs is 1. The zero-order valence-corrected chi connectivity index (χ0v) is 30.1. The average molecular weight is 646 g/mol. The Bertz CT molecular complexity index is 1940. The van der Waals surface area contributed by atoms with Crippen LogP contribution in [0.4, 0.5) is 22.7 Å². The molecule has 0 bridgehead atoms.